The molecule has 1 saturated heterocycles. The van der Waals surface area contributed by atoms with Crippen molar-refractivity contribution in [2.75, 3.05) is 26.2 Å². The van der Waals surface area contributed by atoms with Gasteiger partial charge in [0.05, 0.1) is 12.6 Å². The minimum atomic E-state index is -1.03. The quantitative estimate of drug-likeness (QED) is 0.890. The van der Waals surface area contributed by atoms with Crippen molar-refractivity contribution in [2.45, 2.75) is 12.5 Å². The number of carbonyl (C=O) groups is 2. The van der Waals surface area contributed by atoms with Gasteiger partial charge in [-0.25, -0.2) is 9.59 Å². The molecule has 0 saturated carbocycles. The van der Waals surface area contributed by atoms with Gasteiger partial charge >= 0.3 is 12.2 Å². The van der Waals surface area contributed by atoms with E-state index in [0.29, 0.717) is 18.8 Å². The van der Waals surface area contributed by atoms with Gasteiger partial charge < -0.3 is 24.7 Å². The normalized spacial score (nSPS) is 17.5. The third-order valence-electron chi connectivity index (χ3n) is 4.44. The summed E-state index contributed by atoms with van der Waals surface area (Å²) in [6.07, 6.45) is -1.62. The van der Waals surface area contributed by atoms with E-state index in [-0.39, 0.29) is 19.6 Å². The number of rotatable bonds is 4. The van der Waals surface area contributed by atoms with Crippen LogP contribution in [-0.4, -0.2) is 64.5 Å². The van der Waals surface area contributed by atoms with E-state index in [1.54, 1.807) is 0 Å². The second-order valence-corrected chi connectivity index (χ2v) is 6.00. The summed E-state index contributed by atoms with van der Waals surface area (Å²) in [4.78, 5) is 25.0. The Kier molecular flexibility index (Phi) is 4.92. The minimum absolute atomic E-state index is 0.169. The molecule has 7 nitrogen and oxygen atoms in total. The number of hydrogen-bond acceptors (Lipinski definition) is 3. The Balaban J connectivity index is 1.61. The molecule has 0 radical (unpaired) electrons. The minimum Gasteiger partial charge on any atom is -0.493 e. The van der Waals surface area contributed by atoms with Crippen molar-refractivity contribution in [2.24, 2.45) is 0 Å². The van der Waals surface area contributed by atoms with E-state index in [1.807, 2.05) is 42.5 Å². The van der Waals surface area contributed by atoms with Crippen molar-refractivity contribution in [3.05, 3.63) is 42.5 Å². The van der Waals surface area contributed by atoms with Crippen molar-refractivity contribution in [1.29, 1.82) is 0 Å². The number of nitrogens with zero attached hydrogens (tertiary/aromatic N) is 2. The highest BCUT2D eigenvalue weighted by Crippen LogP contribution is 2.21. The first-order chi connectivity index (χ1) is 12.0. The van der Waals surface area contributed by atoms with Gasteiger partial charge in [-0.2, -0.15) is 0 Å². The summed E-state index contributed by atoms with van der Waals surface area (Å²) in [6.45, 7) is 0.870. The molecule has 1 fully saturated rings. The zero-order valence-corrected chi connectivity index (χ0v) is 13.7. The lowest BCUT2D eigenvalue weighted by molar-refractivity contribution is 0.0562. The summed E-state index contributed by atoms with van der Waals surface area (Å²) in [7, 11) is 0. The lowest BCUT2D eigenvalue weighted by Crippen LogP contribution is -2.56. The summed E-state index contributed by atoms with van der Waals surface area (Å²) >= 11 is 0. The Labute approximate surface area is 145 Å². The Morgan fingerprint density at radius 2 is 1.80 bits per heavy atom. The third-order valence-corrected chi connectivity index (χ3v) is 4.44. The van der Waals surface area contributed by atoms with Crippen molar-refractivity contribution in [3.8, 4) is 5.75 Å². The number of benzene rings is 2. The first kappa shape index (κ1) is 16.9. The average Bonchev–Trinajstić information content (AvgIpc) is 2.61. The van der Waals surface area contributed by atoms with E-state index in [1.165, 1.54) is 9.80 Å². The number of piperazine rings is 1. The Hall–Kier alpha value is -2.96. The van der Waals surface area contributed by atoms with Gasteiger partial charge in [0.1, 0.15) is 5.75 Å². The van der Waals surface area contributed by atoms with Crippen LogP contribution in [0.3, 0.4) is 0 Å². The van der Waals surface area contributed by atoms with Crippen molar-refractivity contribution in [1.82, 2.24) is 9.80 Å². The van der Waals surface area contributed by atoms with Crippen LogP contribution >= 0.6 is 0 Å². The number of carboxylic acid groups (broad SMARTS) is 2. The summed E-state index contributed by atoms with van der Waals surface area (Å²) in [5.41, 5.74) is 0. The lowest BCUT2D eigenvalue weighted by atomic mass is 10.1. The van der Waals surface area contributed by atoms with Crippen LogP contribution in [0.1, 0.15) is 6.42 Å². The summed E-state index contributed by atoms with van der Waals surface area (Å²) in [5, 5.41) is 20.6. The van der Waals surface area contributed by atoms with Crippen LogP contribution in [0.25, 0.3) is 10.8 Å². The predicted octanol–water partition coefficient (Wildman–Crippen LogP) is 2.95. The van der Waals surface area contributed by atoms with Gasteiger partial charge in [0.25, 0.3) is 0 Å². The zero-order valence-electron chi connectivity index (χ0n) is 13.7. The second-order valence-electron chi connectivity index (χ2n) is 6.00. The monoisotopic (exact) mass is 344 g/mol. The van der Waals surface area contributed by atoms with Gasteiger partial charge in [0.2, 0.25) is 0 Å². The Morgan fingerprint density at radius 1 is 1.04 bits per heavy atom. The van der Waals surface area contributed by atoms with Gasteiger partial charge in [-0.1, -0.05) is 30.3 Å². The largest absolute Gasteiger partial charge is 0.493 e. The van der Waals surface area contributed by atoms with Crippen LogP contribution in [0, 0.1) is 0 Å². The molecule has 1 aliphatic heterocycles. The topological polar surface area (TPSA) is 90.3 Å². The van der Waals surface area contributed by atoms with Crippen molar-refractivity contribution in [3.63, 3.8) is 0 Å². The first-order valence-corrected chi connectivity index (χ1v) is 8.13. The molecule has 0 aromatic heterocycles. The molecule has 0 bridgehead atoms. The number of ether oxygens (including phenoxy) is 1. The van der Waals surface area contributed by atoms with Crippen LogP contribution in [0.2, 0.25) is 0 Å². The fourth-order valence-corrected chi connectivity index (χ4v) is 3.10. The highest BCUT2D eigenvalue weighted by molar-refractivity contribution is 5.83. The smallest absolute Gasteiger partial charge is 0.407 e. The van der Waals surface area contributed by atoms with Crippen LogP contribution in [-0.2, 0) is 0 Å². The van der Waals surface area contributed by atoms with E-state index in [9.17, 15) is 14.7 Å². The molecule has 1 atom stereocenters. The number of fused-ring (bicyclic) bond motifs is 1. The van der Waals surface area contributed by atoms with E-state index in [2.05, 4.69) is 0 Å². The molecular formula is C18H20N2O5. The highest BCUT2D eigenvalue weighted by atomic mass is 16.5. The molecule has 0 unspecified atom stereocenters. The maximum atomic E-state index is 11.3. The molecular weight excluding hydrogens is 324 g/mol. The van der Waals surface area contributed by atoms with Crippen molar-refractivity contribution >= 4 is 23.0 Å². The van der Waals surface area contributed by atoms with E-state index < -0.39 is 18.2 Å². The molecule has 1 heterocycles. The second kappa shape index (κ2) is 7.29. The third kappa shape index (κ3) is 3.93. The standard InChI is InChI=1S/C18H20N2O5/c21-17(22)19-8-9-20(18(23)24)15(12-19)7-10-25-16-6-5-13-3-1-2-4-14(13)11-16/h1-6,11,15H,7-10,12H2,(H,21,22)(H,23,24)/t15-/m1/s1. The molecule has 7 heteroatoms. The summed E-state index contributed by atoms with van der Waals surface area (Å²) in [6, 6.07) is 13.3. The molecule has 2 aromatic carbocycles. The van der Waals surface area contributed by atoms with E-state index in [0.717, 1.165) is 10.8 Å². The molecule has 2 amide bonds. The zero-order chi connectivity index (χ0) is 17.8. The van der Waals surface area contributed by atoms with Gasteiger partial charge in [-0.05, 0) is 22.9 Å². The first-order valence-electron chi connectivity index (χ1n) is 8.13. The predicted molar refractivity (Wildman–Crippen MR) is 92.2 cm³/mol. The van der Waals surface area contributed by atoms with Gasteiger partial charge in [0, 0.05) is 26.1 Å². The molecule has 3 rings (SSSR count). The maximum absolute atomic E-state index is 11.3. The Morgan fingerprint density at radius 3 is 2.52 bits per heavy atom. The molecule has 132 valence electrons. The average molecular weight is 344 g/mol. The molecule has 1 aliphatic rings. The van der Waals surface area contributed by atoms with Crippen LogP contribution in [0.5, 0.6) is 5.75 Å². The molecule has 0 spiro atoms. The fraction of sp³-hybridized carbons (Fsp3) is 0.333. The van der Waals surface area contributed by atoms with Gasteiger partial charge in [-0.15, -0.1) is 0 Å². The SMILES string of the molecule is O=C(O)N1CCN(C(=O)O)[C@H](CCOc2ccc3ccccc3c2)C1. The highest BCUT2D eigenvalue weighted by Gasteiger charge is 2.32. The molecule has 2 aromatic rings. The number of hydrogen-bond donors (Lipinski definition) is 2. The number of amides is 2. The van der Waals surface area contributed by atoms with Gasteiger partial charge in [0.15, 0.2) is 0 Å². The molecule has 0 aliphatic carbocycles. The summed E-state index contributed by atoms with van der Waals surface area (Å²) < 4.78 is 5.76. The molecule has 2 N–H and O–H groups in total. The van der Waals surface area contributed by atoms with Crippen LogP contribution in [0.15, 0.2) is 42.5 Å². The lowest BCUT2D eigenvalue weighted by Gasteiger charge is -2.38. The van der Waals surface area contributed by atoms with E-state index in [4.69, 9.17) is 9.84 Å². The van der Waals surface area contributed by atoms with Gasteiger partial charge in [-0.3, -0.25) is 0 Å². The maximum Gasteiger partial charge on any atom is 0.407 e. The van der Waals surface area contributed by atoms with Crippen LogP contribution in [0.4, 0.5) is 9.59 Å². The van der Waals surface area contributed by atoms with Crippen LogP contribution < -0.4 is 4.74 Å². The summed E-state index contributed by atoms with van der Waals surface area (Å²) in [5.74, 6) is 0.714. The Bertz CT molecular complexity index is 779. The van der Waals surface area contributed by atoms with Crippen molar-refractivity contribution < 1.29 is 24.5 Å². The molecule has 25 heavy (non-hydrogen) atoms. The van der Waals surface area contributed by atoms with E-state index >= 15 is 0 Å². The fourth-order valence-electron chi connectivity index (χ4n) is 3.10.